The van der Waals surface area contributed by atoms with Crippen LogP contribution in [0.25, 0.3) is 0 Å². The first-order chi connectivity index (χ1) is 8.96. The fourth-order valence-electron chi connectivity index (χ4n) is 2.03. The molecule has 0 atom stereocenters. The molecule has 0 saturated heterocycles. The first kappa shape index (κ1) is 15.4. The predicted molar refractivity (Wildman–Crippen MR) is 78.7 cm³/mol. The van der Waals surface area contributed by atoms with Gasteiger partial charge in [0.25, 0.3) is 0 Å². The van der Waals surface area contributed by atoms with Crippen molar-refractivity contribution in [3.63, 3.8) is 0 Å². The number of rotatable bonds is 5. The SMILES string of the molecule is O=S(=O)(c1ccc(Cl)c(Cl)c1)N(CCCl)C1CCC1. The molecule has 1 aliphatic rings. The predicted octanol–water partition coefficient (Wildman–Crippen LogP) is 3.78. The molecule has 0 radical (unpaired) electrons. The van der Waals surface area contributed by atoms with Crippen LogP contribution in [0.15, 0.2) is 23.1 Å². The summed E-state index contributed by atoms with van der Waals surface area (Å²) in [7, 11) is -3.56. The molecular weight excluding hydrogens is 329 g/mol. The van der Waals surface area contributed by atoms with Crippen LogP contribution in [-0.4, -0.2) is 31.2 Å². The Balaban J connectivity index is 2.35. The standard InChI is InChI=1S/C12H14Cl3NO2S/c13-6-7-16(9-2-1-3-9)19(17,18)10-4-5-11(14)12(15)8-10/h4-5,8-9H,1-3,6-7H2. The largest absolute Gasteiger partial charge is 0.243 e. The average Bonchev–Trinajstić information content (AvgIpc) is 2.29. The lowest BCUT2D eigenvalue weighted by Gasteiger charge is -2.36. The van der Waals surface area contributed by atoms with Crippen molar-refractivity contribution in [1.82, 2.24) is 4.31 Å². The van der Waals surface area contributed by atoms with E-state index < -0.39 is 10.0 Å². The minimum absolute atomic E-state index is 0.0539. The Bertz CT molecular complexity index is 558. The van der Waals surface area contributed by atoms with E-state index in [0.717, 1.165) is 19.3 Å². The van der Waals surface area contributed by atoms with E-state index in [-0.39, 0.29) is 21.8 Å². The van der Waals surface area contributed by atoms with Gasteiger partial charge >= 0.3 is 0 Å². The van der Waals surface area contributed by atoms with Gasteiger partial charge in [0.15, 0.2) is 0 Å². The lowest BCUT2D eigenvalue weighted by molar-refractivity contribution is 0.227. The molecule has 3 nitrogen and oxygen atoms in total. The van der Waals surface area contributed by atoms with Crippen LogP contribution in [0, 0.1) is 0 Å². The van der Waals surface area contributed by atoms with Gasteiger partial charge in [0.05, 0.1) is 14.9 Å². The summed E-state index contributed by atoms with van der Waals surface area (Å²) >= 11 is 17.4. The molecule has 1 saturated carbocycles. The molecule has 1 aromatic carbocycles. The summed E-state index contributed by atoms with van der Waals surface area (Å²) in [5, 5.41) is 0.579. The van der Waals surface area contributed by atoms with E-state index in [2.05, 4.69) is 0 Å². The van der Waals surface area contributed by atoms with Gasteiger partial charge in [-0.15, -0.1) is 11.6 Å². The van der Waals surface area contributed by atoms with Gasteiger partial charge in [-0.25, -0.2) is 8.42 Å². The number of hydrogen-bond acceptors (Lipinski definition) is 2. The maximum atomic E-state index is 12.6. The van der Waals surface area contributed by atoms with Crippen molar-refractivity contribution < 1.29 is 8.42 Å². The summed E-state index contributed by atoms with van der Waals surface area (Å²) in [4.78, 5) is 0.166. The summed E-state index contributed by atoms with van der Waals surface area (Å²) in [5.74, 6) is 0.275. The second-order valence-electron chi connectivity index (χ2n) is 4.47. The second kappa shape index (κ2) is 6.19. The van der Waals surface area contributed by atoms with Gasteiger partial charge in [-0.05, 0) is 31.0 Å². The number of halogens is 3. The normalized spacial score (nSPS) is 16.6. The van der Waals surface area contributed by atoms with Crippen molar-refractivity contribution in [2.75, 3.05) is 12.4 Å². The van der Waals surface area contributed by atoms with Crippen LogP contribution in [0.4, 0.5) is 0 Å². The molecule has 0 spiro atoms. The maximum absolute atomic E-state index is 12.6. The highest BCUT2D eigenvalue weighted by molar-refractivity contribution is 7.89. The molecule has 0 aromatic heterocycles. The number of hydrogen-bond donors (Lipinski definition) is 0. The lowest BCUT2D eigenvalue weighted by Crippen LogP contribution is -2.45. The van der Waals surface area contributed by atoms with Gasteiger partial charge in [0.2, 0.25) is 10.0 Å². The minimum Gasteiger partial charge on any atom is -0.207 e. The third kappa shape index (κ3) is 3.19. The average molecular weight is 343 g/mol. The lowest BCUT2D eigenvalue weighted by atomic mass is 9.93. The van der Waals surface area contributed by atoms with Crippen LogP contribution < -0.4 is 0 Å². The molecule has 1 aromatic rings. The van der Waals surface area contributed by atoms with E-state index in [1.54, 1.807) is 0 Å². The molecule has 0 bridgehead atoms. The molecule has 0 unspecified atom stereocenters. The molecule has 19 heavy (non-hydrogen) atoms. The molecule has 106 valence electrons. The van der Waals surface area contributed by atoms with Crippen molar-refractivity contribution in [2.45, 2.75) is 30.2 Å². The third-order valence-electron chi connectivity index (χ3n) is 3.28. The van der Waals surface area contributed by atoms with Gasteiger partial charge in [0, 0.05) is 18.5 Å². The monoisotopic (exact) mass is 341 g/mol. The summed E-state index contributed by atoms with van der Waals surface area (Å²) < 4.78 is 26.6. The highest BCUT2D eigenvalue weighted by atomic mass is 35.5. The van der Waals surface area contributed by atoms with E-state index in [1.165, 1.54) is 22.5 Å². The zero-order valence-corrected chi connectivity index (χ0v) is 13.2. The van der Waals surface area contributed by atoms with Crippen LogP contribution in [0.5, 0.6) is 0 Å². The first-order valence-corrected chi connectivity index (χ1v) is 8.72. The third-order valence-corrected chi connectivity index (χ3v) is 6.14. The van der Waals surface area contributed by atoms with Crippen LogP contribution in [0.1, 0.15) is 19.3 Å². The van der Waals surface area contributed by atoms with E-state index in [9.17, 15) is 8.42 Å². The highest BCUT2D eigenvalue weighted by Crippen LogP contribution is 2.32. The summed E-state index contributed by atoms with van der Waals surface area (Å²) in [5.41, 5.74) is 0. The first-order valence-electron chi connectivity index (χ1n) is 5.99. The molecule has 7 heteroatoms. The molecular formula is C12H14Cl3NO2S. The topological polar surface area (TPSA) is 37.4 Å². The van der Waals surface area contributed by atoms with Gasteiger partial charge in [-0.3, -0.25) is 0 Å². The van der Waals surface area contributed by atoms with Gasteiger partial charge in [-0.1, -0.05) is 29.6 Å². The van der Waals surface area contributed by atoms with Gasteiger partial charge < -0.3 is 0 Å². The highest BCUT2D eigenvalue weighted by Gasteiger charge is 2.34. The fraction of sp³-hybridized carbons (Fsp3) is 0.500. The Morgan fingerprint density at radius 2 is 1.89 bits per heavy atom. The van der Waals surface area contributed by atoms with Gasteiger partial charge in [0.1, 0.15) is 0 Å². The summed E-state index contributed by atoms with van der Waals surface area (Å²) in [6.07, 6.45) is 2.83. The van der Waals surface area contributed by atoms with E-state index >= 15 is 0 Å². The number of sulfonamides is 1. The van der Waals surface area contributed by atoms with Crippen LogP contribution >= 0.6 is 34.8 Å². The zero-order chi connectivity index (χ0) is 14.0. The van der Waals surface area contributed by atoms with E-state index in [1.807, 2.05) is 0 Å². The Labute approximate surface area is 128 Å². The molecule has 2 rings (SSSR count). The van der Waals surface area contributed by atoms with Crippen LogP contribution in [0.3, 0.4) is 0 Å². The quantitative estimate of drug-likeness (QED) is 0.764. The zero-order valence-electron chi connectivity index (χ0n) is 10.2. The molecule has 0 heterocycles. The number of nitrogens with zero attached hydrogens (tertiary/aromatic N) is 1. The molecule has 0 amide bonds. The van der Waals surface area contributed by atoms with Crippen molar-refractivity contribution >= 4 is 44.8 Å². The smallest absolute Gasteiger partial charge is 0.207 e. The summed E-state index contributed by atoms with van der Waals surface area (Å²) in [6.45, 7) is 0.314. The molecule has 0 N–H and O–H groups in total. The fourth-order valence-corrected chi connectivity index (χ4v) is 4.39. The van der Waals surface area contributed by atoms with Crippen molar-refractivity contribution in [2.24, 2.45) is 0 Å². The van der Waals surface area contributed by atoms with E-state index in [0.29, 0.717) is 11.6 Å². The Morgan fingerprint density at radius 3 is 2.37 bits per heavy atom. The summed E-state index contributed by atoms with van der Waals surface area (Å²) in [6, 6.07) is 4.41. The Kier molecular flexibility index (Phi) is 5.01. The van der Waals surface area contributed by atoms with Crippen molar-refractivity contribution in [3.8, 4) is 0 Å². The Hall–Kier alpha value is -0.000000000000000111. The minimum atomic E-state index is -3.56. The second-order valence-corrected chi connectivity index (χ2v) is 7.55. The number of benzene rings is 1. The van der Waals surface area contributed by atoms with Crippen molar-refractivity contribution in [3.05, 3.63) is 28.2 Å². The number of alkyl halides is 1. The van der Waals surface area contributed by atoms with Crippen LogP contribution in [-0.2, 0) is 10.0 Å². The maximum Gasteiger partial charge on any atom is 0.243 e. The van der Waals surface area contributed by atoms with E-state index in [4.69, 9.17) is 34.8 Å². The van der Waals surface area contributed by atoms with Crippen molar-refractivity contribution in [1.29, 1.82) is 0 Å². The molecule has 1 aliphatic carbocycles. The van der Waals surface area contributed by atoms with Crippen LogP contribution in [0.2, 0.25) is 10.0 Å². The van der Waals surface area contributed by atoms with Gasteiger partial charge in [-0.2, -0.15) is 4.31 Å². The molecule has 1 fully saturated rings. The molecule has 0 aliphatic heterocycles. The Morgan fingerprint density at radius 1 is 1.21 bits per heavy atom.